The van der Waals surface area contributed by atoms with Crippen molar-refractivity contribution in [2.45, 2.75) is 6.54 Å². The number of nitrogens with one attached hydrogen (secondary N) is 1. The minimum absolute atomic E-state index is 0.119. The van der Waals surface area contributed by atoms with Crippen LogP contribution in [0.5, 0.6) is 11.8 Å². The molecule has 0 saturated heterocycles. The average molecular weight is 233 g/mol. The minimum atomic E-state index is -0.435. The van der Waals surface area contributed by atoms with Crippen molar-refractivity contribution in [1.29, 1.82) is 0 Å². The summed E-state index contributed by atoms with van der Waals surface area (Å²) in [6, 6.07) is 6.27. The maximum Gasteiger partial charge on any atom is 0.321 e. The van der Waals surface area contributed by atoms with E-state index in [1.165, 1.54) is 12.1 Å². The van der Waals surface area contributed by atoms with Gasteiger partial charge in [-0.25, -0.2) is 14.4 Å². The molecule has 1 N–H and O–H groups in total. The molecule has 0 aliphatic rings. The van der Waals surface area contributed by atoms with Gasteiger partial charge in [-0.15, -0.1) is 0 Å². The van der Waals surface area contributed by atoms with Crippen LogP contribution in [0.25, 0.3) is 0 Å². The molecular weight excluding hydrogens is 221 g/mol. The van der Waals surface area contributed by atoms with Crippen LogP contribution in [0.2, 0.25) is 0 Å². The van der Waals surface area contributed by atoms with E-state index in [0.717, 1.165) is 5.56 Å². The fourth-order valence-corrected chi connectivity index (χ4v) is 1.32. The van der Waals surface area contributed by atoms with E-state index in [1.807, 2.05) is 7.05 Å². The quantitative estimate of drug-likeness (QED) is 0.878. The van der Waals surface area contributed by atoms with Gasteiger partial charge >= 0.3 is 6.01 Å². The van der Waals surface area contributed by atoms with Crippen LogP contribution < -0.4 is 10.1 Å². The molecule has 2 rings (SSSR count). The van der Waals surface area contributed by atoms with Crippen molar-refractivity contribution in [2.75, 3.05) is 7.05 Å². The molecule has 0 fully saturated rings. The normalized spacial score (nSPS) is 10.2. The lowest BCUT2D eigenvalue weighted by atomic mass is 10.3. The number of halogens is 1. The molecule has 0 bridgehead atoms. The Hall–Kier alpha value is -2.01. The topological polar surface area (TPSA) is 47.0 Å². The SMILES string of the molecule is CNCc1cnc(Oc2ccccc2F)nc1. The highest BCUT2D eigenvalue weighted by Crippen LogP contribution is 2.20. The summed E-state index contributed by atoms with van der Waals surface area (Å²) >= 11 is 0. The first-order chi connectivity index (χ1) is 8.29. The van der Waals surface area contributed by atoms with Gasteiger partial charge in [-0.05, 0) is 19.2 Å². The Kier molecular flexibility index (Phi) is 3.62. The number of ether oxygens (including phenoxy) is 1. The lowest BCUT2D eigenvalue weighted by Crippen LogP contribution is -2.06. The van der Waals surface area contributed by atoms with Crippen LogP contribution >= 0.6 is 0 Å². The largest absolute Gasteiger partial charge is 0.421 e. The molecule has 88 valence electrons. The van der Waals surface area contributed by atoms with Gasteiger partial charge in [0.15, 0.2) is 11.6 Å². The first-order valence-corrected chi connectivity index (χ1v) is 5.17. The zero-order valence-electron chi connectivity index (χ0n) is 9.35. The molecule has 0 spiro atoms. The van der Waals surface area contributed by atoms with Crippen molar-refractivity contribution in [3.8, 4) is 11.8 Å². The van der Waals surface area contributed by atoms with Crippen LogP contribution in [0.4, 0.5) is 4.39 Å². The predicted octanol–water partition coefficient (Wildman–Crippen LogP) is 2.13. The van der Waals surface area contributed by atoms with Gasteiger partial charge in [-0.1, -0.05) is 12.1 Å². The number of hydrogen-bond donors (Lipinski definition) is 1. The lowest BCUT2D eigenvalue weighted by Gasteiger charge is -2.05. The second kappa shape index (κ2) is 5.36. The van der Waals surface area contributed by atoms with E-state index in [4.69, 9.17) is 4.74 Å². The van der Waals surface area contributed by atoms with Gasteiger partial charge in [-0.3, -0.25) is 0 Å². The molecule has 1 aromatic heterocycles. The Balaban J connectivity index is 2.11. The van der Waals surface area contributed by atoms with Crippen molar-refractivity contribution in [3.05, 3.63) is 48.0 Å². The maximum absolute atomic E-state index is 13.3. The van der Waals surface area contributed by atoms with Crippen LogP contribution in [-0.2, 0) is 6.54 Å². The molecule has 0 aliphatic heterocycles. The Morgan fingerprint density at radius 2 is 1.94 bits per heavy atom. The molecular formula is C12H12FN3O. The van der Waals surface area contributed by atoms with Gasteiger partial charge in [0.25, 0.3) is 0 Å². The van der Waals surface area contributed by atoms with Crippen LogP contribution in [-0.4, -0.2) is 17.0 Å². The third-order valence-corrected chi connectivity index (χ3v) is 2.10. The monoisotopic (exact) mass is 233 g/mol. The van der Waals surface area contributed by atoms with Crippen molar-refractivity contribution in [2.24, 2.45) is 0 Å². The molecule has 17 heavy (non-hydrogen) atoms. The van der Waals surface area contributed by atoms with Crippen LogP contribution in [0.1, 0.15) is 5.56 Å². The summed E-state index contributed by atoms with van der Waals surface area (Å²) in [6.45, 7) is 0.681. The smallest absolute Gasteiger partial charge is 0.321 e. The third kappa shape index (κ3) is 2.98. The molecule has 0 atom stereocenters. The summed E-state index contributed by atoms with van der Waals surface area (Å²) in [7, 11) is 1.84. The first kappa shape index (κ1) is 11.5. The maximum atomic E-state index is 13.3. The molecule has 0 saturated carbocycles. The van der Waals surface area contributed by atoms with Crippen molar-refractivity contribution >= 4 is 0 Å². The zero-order chi connectivity index (χ0) is 12.1. The number of aromatic nitrogens is 2. The molecule has 2 aromatic rings. The van der Waals surface area contributed by atoms with Gasteiger partial charge in [-0.2, -0.15) is 0 Å². The first-order valence-electron chi connectivity index (χ1n) is 5.17. The fraction of sp³-hybridized carbons (Fsp3) is 0.167. The number of benzene rings is 1. The Labute approximate surface area is 98.5 Å². The summed E-state index contributed by atoms with van der Waals surface area (Å²) in [5, 5.41) is 2.98. The highest BCUT2D eigenvalue weighted by atomic mass is 19.1. The van der Waals surface area contributed by atoms with Gasteiger partial charge in [0.2, 0.25) is 0 Å². The van der Waals surface area contributed by atoms with E-state index in [2.05, 4.69) is 15.3 Å². The Morgan fingerprint density at radius 3 is 2.59 bits per heavy atom. The van der Waals surface area contributed by atoms with E-state index in [0.29, 0.717) is 6.54 Å². The Morgan fingerprint density at radius 1 is 1.24 bits per heavy atom. The summed E-state index contributed by atoms with van der Waals surface area (Å²) in [6.07, 6.45) is 3.28. The van der Waals surface area contributed by atoms with Crippen LogP contribution in [0, 0.1) is 5.82 Å². The Bertz CT molecular complexity index is 487. The number of rotatable bonds is 4. The second-order valence-electron chi connectivity index (χ2n) is 3.44. The molecule has 0 amide bonds. The van der Waals surface area contributed by atoms with Crippen molar-refractivity contribution < 1.29 is 9.13 Å². The van der Waals surface area contributed by atoms with Gasteiger partial charge < -0.3 is 10.1 Å². The van der Waals surface area contributed by atoms with E-state index < -0.39 is 5.82 Å². The number of nitrogens with zero attached hydrogens (tertiary/aromatic N) is 2. The third-order valence-electron chi connectivity index (χ3n) is 2.10. The van der Waals surface area contributed by atoms with E-state index in [1.54, 1.807) is 24.5 Å². The van der Waals surface area contributed by atoms with Gasteiger partial charge in [0, 0.05) is 24.5 Å². The molecule has 0 unspecified atom stereocenters. The number of para-hydroxylation sites is 1. The molecule has 1 aromatic carbocycles. The standard InChI is InChI=1S/C12H12FN3O/c1-14-6-9-7-15-12(16-8-9)17-11-5-3-2-4-10(11)13/h2-5,7-8,14H,6H2,1H3. The van der Waals surface area contributed by atoms with E-state index in [9.17, 15) is 4.39 Å². The summed E-state index contributed by atoms with van der Waals surface area (Å²) in [5.74, 6) is -0.315. The summed E-state index contributed by atoms with van der Waals surface area (Å²) in [5.41, 5.74) is 0.938. The van der Waals surface area contributed by atoms with Crippen LogP contribution in [0.3, 0.4) is 0 Å². The molecule has 1 heterocycles. The second-order valence-corrected chi connectivity index (χ2v) is 3.44. The fourth-order valence-electron chi connectivity index (χ4n) is 1.32. The highest BCUT2D eigenvalue weighted by Gasteiger charge is 2.05. The average Bonchev–Trinajstić information content (AvgIpc) is 2.35. The molecule has 0 radical (unpaired) electrons. The predicted molar refractivity (Wildman–Crippen MR) is 61.3 cm³/mol. The molecule has 4 nitrogen and oxygen atoms in total. The highest BCUT2D eigenvalue weighted by molar-refractivity contribution is 5.26. The molecule has 5 heteroatoms. The number of hydrogen-bond acceptors (Lipinski definition) is 4. The molecule has 0 aliphatic carbocycles. The zero-order valence-corrected chi connectivity index (χ0v) is 9.35. The van der Waals surface area contributed by atoms with E-state index in [-0.39, 0.29) is 11.8 Å². The van der Waals surface area contributed by atoms with Gasteiger partial charge in [0.05, 0.1) is 0 Å². The van der Waals surface area contributed by atoms with E-state index >= 15 is 0 Å². The van der Waals surface area contributed by atoms with Crippen LogP contribution in [0.15, 0.2) is 36.7 Å². The lowest BCUT2D eigenvalue weighted by molar-refractivity contribution is 0.410. The van der Waals surface area contributed by atoms with Crippen molar-refractivity contribution in [1.82, 2.24) is 15.3 Å². The minimum Gasteiger partial charge on any atom is -0.421 e. The van der Waals surface area contributed by atoms with Crippen molar-refractivity contribution in [3.63, 3.8) is 0 Å². The summed E-state index contributed by atoms with van der Waals surface area (Å²) < 4.78 is 18.5. The summed E-state index contributed by atoms with van der Waals surface area (Å²) in [4.78, 5) is 7.99. The van der Waals surface area contributed by atoms with Gasteiger partial charge in [0.1, 0.15) is 0 Å².